The monoisotopic (exact) mass is 299 g/mol. The third-order valence-electron chi connectivity index (χ3n) is 5.48. The number of anilines is 1. The zero-order chi connectivity index (χ0) is 15.4. The molecule has 0 N–H and O–H groups in total. The minimum atomic E-state index is -0.531. The number of fused-ring (bicyclic) bond motifs is 5. The highest BCUT2D eigenvalue weighted by atomic mass is 16.5. The van der Waals surface area contributed by atoms with E-state index in [1.807, 2.05) is 0 Å². The molecule has 1 heterocycles. The zero-order valence-corrected chi connectivity index (χ0v) is 12.3. The molecular weight excluding hydrogens is 282 g/mol. The molecule has 1 saturated heterocycles. The number of benzene rings is 1. The Hall–Kier alpha value is -2.17. The standard InChI is InChI=1S/C17H17NO4/c1-22-17(21)11-4-2-3-5-12(11)18-15(19)13-9-6-7-10(8-9)14(13)16(18)20/h2-5,9-10,13-14H,6-8H2,1H3/t9-,10-,13-,14-/m0/s1. The van der Waals surface area contributed by atoms with Crippen LogP contribution in [0.3, 0.4) is 0 Å². The topological polar surface area (TPSA) is 63.7 Å². The molecular formula is C17H17NO4. The maximum absolute atomic E-state index is 12.8. The average molecular weight is 299 g/mol. The molecule has 3 fully saturated rings. The molecule has 5 heteroatoms. The molecule has 1 aromatic carbocycles. The van der Waals surface area contributed by atoms with Crippen molar-refractivity contribution in [2.75, 3.05) is 12.0 Å². The molecule has 1 aliphatic heterocycles. The lowest BCUT2D eigenvalue weighted by molar-refractivity contribution is -0.123. The summed E-state index contributed by atoms with van der Waals surface area (Å²) < 4.78 is 4.77. The van der Waals surface area contributed by atoms with Gasteiger partial charge in [-0.2, -0.15) is 0 Å². The van der Waals surface area contributed by atoms with E-state index >= 15 is 0 Å². The molecule has 0 radical (unpaired) electrons. The lowest BCUT2D eigenvalue weighted by Crippen LogP contribution is -2.34. The number of para-hydroxylation sites is 1. The van der Waals surface area contributed by atoms with Crippen molar-refractivity contribution >= 4 is 23.5 Å². The van der Waals surface area contributed by atoms with Gasteiger partial charge in [0, 0.05) is 0 Å². The first-order chi connectivity index (χ1) is 10.6. The highest BCUT2D eigenvalue weighted by Gasteiger charge is 2.61. The van der Waals surface area contributed by atoms with Crippen LogP contribution in [0.15, 0.2) is 24.3 Å². The van der Waals surface area contributed by atoms with Gasteiger partial charge in [0.1, 0.15) is 0 Å². The number of carbonyl (C=O) groups is 3. The number of hydrogen-bond acceptors (Lipinski definition) is 4. The summed E-state index contributed by atoms with van der Waals surface area (Å²) in [6, 6.07) is 6.66. The third-order valence-corrected chi connectivity index (χ3v) is 5.48. The lowest BCUT2D eigenvalue weighted by Gasteiger charge is -2.19. The van der Waals surface area contributed by atoms with Crippen LogP contribution in [0.5, 0.6) is 0 Å². The van der Waals surface area contributed by atoms with Gasteiger partial charge in [0.2, 0.25) is 11.8 Å². The third kappa shape index (κ3) is 1.62. The van der Waals surface area contributed by atoms with Crippen LogP contribution in [0.2, 0.25) is 0 Å². The lowest BCUT2D eigenvalue weighted by atomic mass is 9.81. The van der Waals surface area contributed by atoms with E-state index in [2.05, 4.69) is 0 Å². The number of rotatable bonds is 2. The SMILES string of the molecule is COC(=O)c1ccccc1N1C(=O)[C@H]2[C@H]3CC[C@@H](C3)[C@@H]2C1=O. The number of ether oxygens (including phenoxy) is 1. The molecule has 0 unspecified atom stereocenters. The summed E-state index contributed by atoms with van der Waals surface area (Å²) in [5.74, 6) is -0.509. The normalized spacial score (nSPS) is 32.5. The number of esters is 1. The maximum atomic E-state index is 12.8. The van der Waals surface area contributed by atoms with E-state index in [0.29, 0.717) is 17.5 Å². The molecule has 5 nitrogen and oxygen atoms in total. The van der Waals surface area contributed by atoms with E-state index in [1.165, 1.54) is 12.0 Å². The van der Waals surface area contributed by atoms with Gasteiger partial charge in [-0.3, -0.25) is 9.59 Å². The van der Waals surface area contributed by atoms with Crippen molar-refractivity contribution in [1.29, 1.82) is 0 Å². The van der Waals surface area contributed by atoms with Crippen molar-refractivity contribution < 1.29 is 19.1 Å². The Labute approximate surface area is 128 Å². The van der Waals surface area contributed by atoms with Gasteiger partial charge in [-0.25, -0.2) is 9.69 Å². The van der Waals surface area contributed by atoms with Crippen molar-refractivity contribution in [2.45, 2.75) is 19.3 Å². The number of hydrogen-bond donors (Lipinski definition) is 0. The van der Waals surface area contributed by atoms with Gasteiger partial charge in [-0.15, -0.1) is 0 Å². The van der Waals surface area contributed by atoms with Crippen molar-refractivity contribution in [3.05, 3.63) is 29.8 Å². The smallest absolute Gasteiger partial charge is 0.339 e. The van der Waals surface area contributed by atoms with Crippen molar-refractivity contribution in [2.24, 2.45) is 23.7 Å². The van der Waals surface area contributed by atoms with Crippen LogP contribution >= 0.6 is 0 Å². The van der Waals surface area contributed by atoms with Crippen LogP contribution in [0.4, 0.5) is 5.69 Å². The Morgan fingerprint density at radius 2 is 1.68 bits per heavy atom. The molecule has 1 aromatic rings. The molecule has 2 bridgehead atoms. The van der Waals surface area contributed by atoms with Gasteiger partial charge in [-0.1, -0.05) is 12.1 Å². The van der Waals surface area contributed by atoms with Gasteiger partial charge in [0.05, 0.1) is 30.2 Å². The minimum Gasteiger partial charge on any atom is -0.465 e. The summed E-state index contributed by atoms with van der Waals surface area (Å²) in [5.41, 5.74) is 0.622. The van der Waals surface area contributed by atoms with Crippen molar-refractivity contribution in [3.8, 4) is 0 Å². The fourth-order valence-electron chi connectivity index (χ4n) is 4.60. The first-order valence-electron chi connectivity index (χ1n) is 7.68. The molecule has 4 rings (SSSR count). The minimum absolute atomic E-state index is 0.140. The number of nitrogens with zero attached hydrogens (tertiary/aromatic N) is 1. The van der Waals surface area contributed by atoms with Gasteiger partial charge < -0.3 is 4.74 Å². The van der Waals surface area contributed by atoms with Gasteiger partial charge in [-0.05, 0) is 43.2 Å². The van der Waals surface area contributed by atoms with E-state index in [0.717, 1.165) is 19.3 Å². The number of amides is 2. The molecule has 3 aliphatic rings. The summed E-state index contributed by atoms with van der Waals surface area (Å²) in [4.78, 5) is 38.8. The summed E-state index contributed by atoms with van der Waals surface area (Å²) >= 11 is 0. The quantitative estimate of drug-likeness (QED) is 0.619. The average Bonchev–Trinajstić information content (AvgIpc) is 3.21. The Kier molecular flexibility index (Phi) is 2.86. The number of carbonyl (C=O) groups excluding carboxylic acids is 3. The summed E-state index contributed by atoms with van der Waals surface area (Å²) in [7, 11) is 1.29. The van der Waals surface area contributed by atoms with Crippen LogP contribution < -0.4 is 4.90 Å². The fourth-order valence-corrected chi connectivity index (χ4v) is 4.60. The second-order valence-electron chi connectivity index (χ2n) is 6.41. The van der Waals surface area contributed by atoms with Crippen LogP contribution in [0, 0.1) is 23.7 Å². The maximum Gasteiger partial charge on any atom is 0.339 e. The second kappa shape index (κ2) is 4.66. The molecule has 0 aromatic heterocycles. The molecule has 22 heavy (non-hydrogen) atoms. The predicted molar refractivity (Wildman–Crippen MR) is 78.1 cm³/mol. The molecule has 0 spiro atoms. The summed E-state index contributed by atoms with van der Waals surface area (Å²) in [6.45, 7) is 0. The Morgan fingerprint density at radius 3 is 2.27 bits per heavy atom. The summed E-state index contributed by atoms with van der Waals surface area (Å²) in [5, 5.41) is 0. The largest absolute Gasteiger partial charge is 0.465 e. The Morgan fingerprint density at radius 1 is 1.09 bits per heavy atom. The summed E-state index contributed by atoms with van der Waals surface area (Å²) in [6.07, 6.45) is 3.08. The first kappa shape index (κ1) is 13.5. The number of methoxy groups -OCH3 is 1. The number of imide groups is 1. The predicted octanol–water partition coefficient (Wildman–Crippen LogP) is 2.01. The van der Waals surface area contributed by atoms with E-state index in [1.54, 1.807) is 24.3 Å². The van der Waals surface area contributed by atoms with Crippen LogP contribution in [0.25, 0.3) is 0 Å². The second-order valence-corrected chi connectivity index (χ2v) is 6.41. The molecule has 2 saturated carbocycles. The van der Waals surface area contributed by atoms with E-state index in [4.69, 9.17) is 4.74 Å². The van der Waals surface area contributed by atoms with Crippen molar-refractivity contribution in [3.63, 3.8) is 0 Å². The van der Waals surface area contributed by atoms with E-state index < -0.39 is 5.97 Å². The fraction of sp³-hybridized carbons (Fsp3) is 0.471. The Balaban J connectivity index is 1.77. The molecule has 4 atom stereocenters. The zero-order valence-electron chi connectivity index (χ0n) is 12.3. The van der Waals surface area contributed by atoms with Gasteiger partial charge in [0.25, 0.3) is 0 Å². The van der Waals surface area contributed by atoms with Crippen LogP contribution in [-0.4, -0.2) is 24.9 Å². The van der Waals surface area contributed by atoms with Crippen LogP contribution in [-0.2, 0) is 14.3 Å². The first-order valence-corrected chi connectivity index (χ1v) is 7.68. The van der Waals surface area contributed by atoms with Crippen molar-refractivity contribution in [1.82, 2.24) is 0 Å². The van der Waals surface area contributed by atoms with E-state index in [9.17, 15) is 14.4 Å². The molecule has 2 aliphatic carbocycles. The highest BCUT2D eigenvalue weighted by Crippen LogP contribution is 2.56. The van der Waals surface area contributed by atoms with Crippen LogP contribution in [0.1, 0.15) is 29.6 Å². The molecule has 2 amide bonds. The van der Waals surface area contributed by atoms with Gasteiger partial charge in [0.15, 0.2) is 0 Å². The van der Waals surface area contributed by atoms with Gasteiger partial charge >= 0.3 is 5.97 Å². The Bertz CT molecular complexity index is 655. The highest BCUT2D eigenvalue weighted by molar-refractivity contribution is 6.24. The van der Waals surface area contributed by atoms with E-state index in [-0.39, 0.29) is 29.2 Å². The molecule has 114 valence electrons.